The molecule has 8 nitrogen and oxygen atoms in total. The number of anilines is 1. The monoisotopic (exact) mass is 329 g/mol. The van der Waals surface area contributed by atoms with Gasteiger partial charge in [0.25, 0.3) is 0 Å². The Hall–Kier alpha value is -2.64. The van der Waals surface area contributed by atoms with Crippen LogP contribution >= 0.6 is 0 Å². The van der Waals surface area contributed by atoms with Crippen molar-refractivity contribution < 1.29 is 4.79 Å². The predicted molar refractivity (Wildman–Crippen MR) is 90.7 cm³/mol. The standard InChI is InChI=1S/C16H23N7O/c1-22-11-13(10-20-22)5-8-19-16(24)21-14-4-2-9-23(12-14)15-17-6-3-7-18-15/h3,6-7,10-11,14H,2,4-5,8-9,12H2,1H3,(H2,19,21,24). The van der Waals surface area contributed by atoms with Crippen LogP contribution in [0.3, 0.4) is 0 Å². The number of nitrogens with one attached hydrogen (secondary N) is 2. The van der Waals surface area contributed by atoms with Crippen molar-refractivity contribution in [2.75, 3.05) is 24.5 Å². The fraction of sp³-hybridized carbons (Fsp3) is 0.500. The summed E-state index contributed by atoms with van der Waals surface area (Å²) in [6.45, 7) is 2.25. The van der Waals surface area contributed by atoms with Crippen molar-refractivity contribution >= 4 is 12.0 Å². The molecule has 128 valence electrons. The molecule has 2 aromatic heterocycles. The highest BCUT2D eigenvalue weighted by Crippen LogP contribution is 2.15. The van der Waals surface area contributed by atoms with Gasteiger partial charge in [-0.2, -0.15) is 5.10 Å². The molecular weight excluding hydrogens is 306 g/mol. The summed E-state index contributed by atoms with van der Waals surface area (Å²) in [6, 6.07) is 1.79. The Morgan fingerprint density at radius 1 is 1.38 bits per heavy atom. The van der Waals surface area contributed by atoms with Crippen LogP contribution in [-0.4, -0.2) is 51.5 Å². The van der Waals surface area contributed by atoms with E-state index >= 15 is 0 Å². The molecule has 3 rings (SSSR count). The maximum atomic E-state index is 12.1. The number of hydrogen-bond acceptors (Lipinski definition) is 5. The lowest BCUT2D eigenvalue weighted by atomic mass is 10.1. The third kappa shape index (κ3) is 4.43. The van der Waals surface area contributed by atoms with Crippen molar-refractivity contribution in [2.24, 2.45) is 7.05 Å². The molecule has 0 spiro atoms. The van der Waals surface area contributed by atoms with Crippen LogP contribution in [0.2, 0.25) is 0 Å². The molecule has 1 aliphatic heterocycles. The summed E-state index contributed by atoms with van der Waals surface area (Å²) in [5.74, 6) is 0.723. The molecule has 0 saturated carbocycles. The van der Waals surface area contributed by atoms with E-state index in [4.69, 9.17) is 0 Å². The van der Waals surface area contributed by atoms with E-state index in [-0.39, 0.29) is 12.1 Å². The highest BCUT2D eigenvalue weighted by atomic mass is 16.2. The second kappa shape index (κ2) is 7.76. The lowest BCUT2D eigenvalue weighted by Gasteiger charge is -2.33. The predicted octanol–water partition coefficient (Wildman–Crippen LogP) is 0.721. The summed E-state index contributed by atoms with van der Waals surface area (Å²) in [5, 5.41) is 10.1. The van der Waals surface area contributed by atoms with Gasteiger partial charge < -0.3 is 15.5 Å². The lowest BCUT2D eigenvalue weighted by Crippen LogP contribution is -2.51. The van der Waals surface area contributed by atoms with Gasteiger partial charge in [-0.15, -0.1) is 0 Å². The Bertz CT molecular complexity index is 657. The molecule has 2 N–H and O–H groups in total. The minimum absolute atomic E-state index is 0.112. The van der Waals surface area contributed by atoms with E-state index in [0.717, 1.165) is 43.9 Å². The smallest absolute Gasteiger partial charge is 0.315 e. The molecule has 0 aliphatic carbocycles. The molecular formula is C16H23N7O. The molecule has 2 aromatic rings. The molecule has 0 bridgehead atoms. The first kappa shape index (κ1) is 16.2. The summed E-state index contributed by atoms with van der Waals surface area (Å²) in [5.41, 5.74) is 1.11. The number of carbonyl (C=O) groups is 1. The number of aryl methyl sites for hydroxylation is 1. The molecule has 1 saturated heterocycles. The second-order valence-electron chi connectivity index (χ2n) is 6.01. The molecule has 1 fully saturated rings. The molecule has 1 unspecified atom stereocenters. The minimum atomic E-state index is -0.125. The van der Waals surface area contributed by atoms with Crippen LogP contribution in [0.5, 0.6) is 0 Å². The Morgan fingerprint density at radius 3 is 2.96 bits per heavy atom. The van der Waals surface area contributed by atoms with E-state index in [1.54, 1.807) is 23.1 Å². The third-order valence-corrected chi connectivity index (χ3v) is 4.05. The average Bonchev–Trinajstić information content (AvgIpc) is 3.01. The molecule has 3 heterocycles. The molecule has 1 atom stereocenters. The van der Waals surface area contributed by atoms with Crippen LogP contribution in [0.25, 0.3) is 0 Å². The maximum Gasteiger partial charge on any atom is 0.315 e. The SMILES string of the molecule is Cn1cc(CCNC(=O)NC2CCCN(c3ncccn3)C2)cn1. The van der Waals surface area contributed by atoms with Crippen LogP contribution in [0.15, 0.2) is 30.9 Å². The first-order valence-corrected chi connectivity index (χ1v) is 8.24. The van der Waals surface area contributed by atoms with Gasteiger partial charge in [-0.3, -0.25) is 4.68 Å². The summed E-state index contributed by atoms with van der Waals surface area (Å²) in [6.07, 6.45) is 10.0. The third-order valence-electron chi connectivity index (χ3n) is 4.05. The van der Waals surface area contributed by atoms with Crippen molar-refractivity contribution in [3.8, 4) is 0 Å². The van der Waals surface area contributed by atoms with Gasteiger partial charge in [-0.25, -0.2) is 14.8 Å². The van der Waals surface area contributed by atoms with Gasteiger partial charge in [0.1, 0.15) is 0 Å². The average molecular weight is 329 g/mol. The zero-order valence-corrected chi connectivity index (χ0v) is 13.9. The van der Waals surface area contributed by atoms with Crippen LogP contribution in [-0.2, 0) is 13.5 Å². The van der Waals surface area contributed by atoms with Crippen molar-refractivity contribution in [2.45, 2.75) is 25.3 Å². The molecule has 1 aliphatic rings. The van der Waals surface area contributed by atoms with Gasteiger partial charge in [0.05, 0.1) is 6.20 Å². The minimum Gasteiger partial charge on any atom is -0.339 e. The van der Waals surface area contributed by atoms with Gasteiger partial charge in [0, 0.05) is 51.3 Å². The number of hydrogen-bond donors (Lipinski definition) is 2. The van der Waals surface area contributed by atoms with Gasteiger partial charge >= 0.3 is 6.03 Å². The van der Waals surface area contributed by atoms with Crippen LogP contribution in [0.4, 0.5) is 10.7 Å². The summed E-state index contributed by atoms with van der Waals surface area (Å²) in [7, 11) is 1.88. The Morgan fingerprint density at radius 2 is 2.21 bits per heavy atom. The molecule has 24 heavy (non-hydrogen) atoms. The quantitative estimate of drug-likeness (QED) is 0.844. The Balaban J connectivity index is 1.42. The first-order valence-electron chi connectivity index (χ1n) is 8.24. The zero-order chi connectivity index (χ0) is 16.8. The summed E-state index contributed by atoms with van der Waals surface area (Å²) >= 11 is 0. The fourth-order valence-electron chi connectivity index (χ4n) is 2.89. The van der Waals surface area contributed by atoms with Gasteiger partial charge in [0.2, 0.25) is 5.95 Å². The van der Waals surface area contributed by atoms with E-state index in [1.807, 2.05) is 19.4 Å². The number of carbonyl (C=O) groups excluding carboxylic acids is 1. The molecule has 8 heteroatoms. The van der Waals surface area contributed by atoms with Gasteiger partial charge in [-0.1, -0.05) is 0 Å². The maximum absolute atomic E-state index is 12.1. The zero-order valence-electron chi connectivity index (χ0n) is 13.9. The number of piperidine rings is 1. The molecule has 0 aromatic carbocycles. The fourth-order valence-corrected chi connectivity index (χ4v) is 2.89. The number of nitrogens with zero attached hydrogens (tertiary/aromatic N) is 5. The van der Waals surface area contributed by atoms with Crippen molar-refractivity contribution in [3.05, 3.63) is 36.4 Å². The summed E-state index contributed by atoms with van der Waals surface area (Å²) < 4.78 is 1.76. The normalized spacial score (nSPS) is 17.5. The van der Waals surface area contributed by atoms with E-state index in [2.05, 4.69) is 30.6 Å². The van der Waals surface area contributed by atoms with Gasteiger partial charge in [0.15, 0.2) is 0 Å². The number of amides is 2. The Kier molecular flexibility index (Phi) is 5.25. The summed E-state index contributed by atoms with van der Waals surface area (Å²) in [4.78, 5) is 22.7. The largest absolute Gasteiger partial charge is 0.339 e. The van der Waals surface area contributed by atoms with Crippen molar-refractivity contribution in [1.29, 1.82) is 0 Å². The Labute approximate surface area is 141 Å². The lowest BCUT2D eigenvalue weighted by molar-refractivity contribution is 0.235. The van der Waals surface area contributed by atoms with E-state index in [1.165, 1.54) is 0 Å². The number of aromatic nitrogens is 4. The van der Waals surface area contributed by atoms with E-state index < -0.39 is 0 Å². The van der Waals surface area contributed by atoms with Crippen molar-refractivity contribution in [1.82, 2.24) is 30.4 Å². The van der Waals surface area contributed by atoms with Crippen LogP contribution in [0, 0.1) is 0 Å². The topological polar surface area (TPSA) is 88.0 Å². The highest BCUT2D eigenvalue weighted by molar-refractivity contribution is 5.74. The highest BCUT2D eigenvalue weighted by Gasteiger charge is 2.22. The second-order valence-corrected chi connectivity index (χ2v) is 6.01. The van der Waals surface area contributed by atoms with E-state index in [9.17, 15) is 4.79 Å². The van der Waals surface area contributed by atoms with E-state index in [0.29, 0.717) is 6.54 Å². The number of urea groups is 1. The van der Waals surface area contributed by atoms with Crippen LogP contribution in [0.1, 0.15) is 18.4 Å². The number of rotatable bonds is 5. The van der Waals surface area contributed by atoms with Crippen molar-refractivity contribution in [3.63, 3.8) is 0 Å². The molecule has 0 radical (unpaired) electrons. The van der Waals surface area contributed by atoms with Gasteiger partial charge in [-0.05, 0) is 30.9 Å². The van der Waals surface area contributed by atoms with Crippen LogP contribution < -0.4 is 15.5 Å². The molecule has 2 amide bonds. The first-order chi connectivity index (χ1) is 11.7.